The molecule has 4 rings (SSSR count). The highest BCUT2D eigenvalue weighted by Crippen LogP contribution is 2.36. The summed E-state index contributed by atoms with van der Waals surface area (Å²) in [6.45, 7) is 3.74. The van der Waals surface area contributed by atoms with Crippen molar-refractivity contribution >= 4 is 11.3 Å². The maximum atomic E-state index is 6.06. The Morgan fingerprint density at radius 2 is 2.23 bits per heavy atom. The Kier molecular flexibility index (Phi) is 3.82. The number of hydrogen-bond donors (Lipinski definition) is 0. The van der Waals surface area contributed by atoms with Gasteiger partial charge in [0.1, 0.15) is 6.10 Å². The summed E-state index contributed by atoms with van der Waals surface area (Å²) in [5, 5.41) is 4.34. The third-order valence-corrected chi connectivity index (χ3v) is 5.00. The van der Waals surface area contributed by atoms with Gasteiger partial charge in [0.15, 0.2) is 0 Å². The average molecular weight is 317 g/mol. The van der Waals surface area contributed by atoms with Crippen LogP contribution in [-0.2, 0) is 11.3 Å². The normalized spacial score (nSPS) is 24.1. The molecule has 0 aromatic carbocycles. The van der Waals surface area contributed by atoms with Crippen LogP contribution in [-0.4, -0.2) is 46.3 Å². The standard InChI is InChI=1S/C16H19N3O2S/c1-4-17-15(18-5-1)21-14-2-6-20-16(8-14)11-19(12-16)9-13-3-7-22-10-13/h1,3-5,7,10,14H,2,6,8-9,11-12H2. The van der Waals surface area contributed by atoms with E-state index in [4.69, 9.17) is 9.47 Å². The van der Waals surface area contributed by atoms with Crippen LogP contribution in [0.5, 0.6) is 6.01 Å². The molecular weight excluding hydrogens is 298 g/mol. The van der Waals surface area contributed by atoms with Crippen LogP contribution in [0.15, 0.2) is 35.3 Å². The van der Waals surface area contributed by atoms with Gasteiger partial charge in [0.25, 0.3) is 0 Å². The first kappa shape index (κ1) is 14.1. The van der Waals surface area contributed by atoms with Crippen LogP contribution in [0.3, 0.4) is 0 Å². The monoisotopic (exact) mass is 317 g/mol. The van der Waals surface area contributed by atoms with Crippen molar-refractivity contribution in [1.82, 2.24) is 14.9 Å². The largest absolute Gasteiger partial charge is 0.460 e. The summed E-state index contributed by atoms with van der Waals surface area (Å²) in [6, 6.07) is 4.46. The average Bonchev–Trinajstić information content (AvgIpc) is 3.00. The zero-order chi connectivity index (χ0) is 14.8. The van der Waals surface area contributed by atoms with Gasteiger partial charge in [-0.3, -0.25) is 4.90 Å². The van der Waals surface area contributed by atoms with Crippen molar-refractivity contribution in [3.63, 3.8) is 0 Å². The minimum Gasteiger partial charge on any atom is -0.460 e. The molecule has 2 aromatic rings. The molecule has 1 atom stereocenters. The molecule has 0 radical (unpaired) electrons. The highest BCUT2D eigenvalue weighted by molar-refractivity contribution is 7.07. The molecule has 2 fully saturated rings. The summed E-state index contributed by atoms with van der Waals surface area (Å²) in [5.74, 6) is 0. The summed E-state index contributed by atoms with van der Waals surface area (Å²) in [4.78, 5) is 10.7. The second-order valence-electron chi connectivity index (χ2n) is 6.07. The molecule has 22 heavy (non-hydrogen) atoms. The second-order valence-corrected chi connectivity index (χ2v) is 6.85. The Balaban J connectivity index is 1.32. The fourth-order valence-electron chi connectivity index (χ4n) is 3.32. The van der Waals surface area contributed by atoms with Crippen LogP contribution in [0.1, 0.15) is 18.4 Å². The second kappa shape index (κ2) is 5.95. The first-order chi connectivity index (χ1) is 10.8. The topological polar surface area (TPSA) is 47.5 Å². The molecule has 2 aliphatic heterocycles. The Bertz CT molecular complexity index is 599. The van der Waals surface area contributed by atoms with Gasteiger partial charge >= 0.3 is 6.01 Å². The lowest BCUT2D eigenvalue weighted by Gasteiger charge is -2.53. The third kappa shape index (κ3) is 2.99. The van der Waals surface area contributed by atoms with Crippen LogP contribution in [0.25, 0.3) is 0 Å². The van der Waals surface area contributed by atoms with Crippen molar-refractivity contribution in [2.24, 2.45) is 0 Å². The number of nitrogens with zero attached hydrogens (tertiary/aromatic N) is 3. The molecule has 116 valence electrons. The molecule has 0 saturated carbocycles. The van der Waals surface area contributed by atoms with Crippen molar-refractivity contribution in [1.29, 1.82) is 0 Å². The lowest BCUT2D eigenvalue weighted by molar-refractivity contribution is -0.188. The molecule has 0 N–H and O–H groups in total. The summed E-state index contributed by atoms with van der Waals surface area (Å²) in [6.07, 6.45) is 5.40. The summed E-state index contributed by atoms with van der Waals surface area (Å²) in [5.41, 5.74) is 1.36. The Hall–Kier alpha value is -1.50. The lowest BCUT2D eigenvalue weighted by atomic mass is 9.84. The maximum Gasteiger partial charge on any atom is 0.316 e. The van der Waals surface area contributed by atoms with Gasteiger partial charge in [-0.05, 0) is 28.5 Å². The van der Waals surface area contributed by atoms with E-state index in [9.17, 15) is 0 Å². The van der Waals surface area contributed by atoms with Gasteiger partial charge in [-0.15, -0.1) is 0 Å². The van der Waals surface area contributed by atoms with Crippen molar-refractivity contribution in [3.05, 3.63) is 40.8 Å². The highest BCUT2D eigenvalue weighted by Gasteiger charge is 2.48. The molecule has 2 aliphatic rings. The molecule has 2 aromatic heterocycles. The van der Waals surface area contributed by atoms with Crippen LogP contribution in [0.4, 0.5) is 0 Å². The molecule has 4 heterocycles. The van der Waals surface area contributed by atoms with Gasteiger partial charge in [-0.1, -0.05) is 0 Å². The minimum atomic E-state index is -0.0340. The van der Waals surface area contributed by atoms with E-state index in [0.29, 0.717) is 6.01 Å². The lowest BCUT2D eigenvalue weighted by Crippen LogP contribution is -2.65. The zero-order valence-corrected chi connectivity index (χ0v) is 13.2. The van der Waals surface area contributed by atoms with E-state index in [1.165, 1.54) is 5.56 Å². The van der Waals surface area contributed by atoms with Gasteiger partial charge in [0, 0.05) is 44.9 Å². The van der Waals surface area contributed by atoms with Gasteiger partial charge in [-0.2, -0.15) is 11.3 Å². The summed E-state index contributed by atoms with van der Waals surface area (Å²) < 4.78 is 12.0. The first-order valence-electron chi connectivity index (χ1n) is 7.62. The quantitative estimate of drug-likeness (QED) is 0.866. The van der Waals surface area contributed by atoms with E-state index >= 15 is 0 Å². The molecule has 1 spiro atoms. The minimum absolute atomic E-state index is 0.0340. The Labute approximate surface area is 133 Å². The van der Waals surface area contributed by atoms with E-state index in [2.05, 4.69) is 31.7 Å². The molecular formula is C16H19N3O2S. The molecule has 2 saturated heterocycles. The number of hydrogen-bond acceptors (Lipinski definition) is 6. The van der Waals surface area contributed by atoms with Crippen molar-refractivity contribution < 1.29 is 9.47 Å². The van der Waals surface area contributed by atoms with Crippen LogP contribution in [0.2, 0.25) is 0 Å². The number of ether oxygens (including phenoxy) is 2. The van der Waals surface area contributed by atoms with Gasteiger partial charge in [0.2, 0.25) is 0 Å². The molecule has 0 amide bonds. The molecule has 1 unspecified atom stereocenters. The van der Waals surface area contributed by atoms with E-state index in [1.807, 2.05) is 0 Å². The maximum absolute atomic E-state index is 6.06. The fraction of sp³-hybridized carbons (Fsp3) is 0.500. The highest BCUT2D eigenvalue weighted by atomic mass is 32.1. The van der Waals surface area contributed by atoms with Crippen LogP contribution in [0, 0.1) is 0 Å². The van der Waals surface area contributed by atoms with Gasteiger partial charge in [0.05, 0.1) is 12.2 Å². The van der Waals surface area contributed by atoms with Gasteiger partial charge < -0.3 is 9.47 Å². The Morgan fingerprint density at radius 3 is 3.00 bits per heavy atom. The SMILES string of the molecule is c1cnc(OC2CCOC3(C2)CN(Cc2ccsc2)C3)nc1. The van der Waals surface area contributed by atoms with Crippen LogP contribution < -0.4 is 4.74 Å². The molecule has 0 aliphatic carbocycles. The predicted molar refractivity (Wildman–Crippen MR) is 84.0 cm³/mol. The summed E-state index contributed by atoms with van der Waals surface area (Å²) >= 11 is 1.75. The van der Waals surface area contributed by atoms with E-state index in [0.717, 1.165) is 39.1 Å². The third-order valence-electron chi connectivity index (χ3n) is 4.27. The van der Waals surface area contributed by atoms with Crippen molar-refractivity contribution in [2.45, 2.75) is 31.1 Å². The smallest absolute Gasteiger partial charge is 0.316 e. The Morgan fingerprint density at radius 1 is 1.36 bits per heavy atom. The first-order valence-corrected chi connectivity index (χ1v) is 8.57. The molecule has 6 heteroatoms. The van der Waals surface area contributed by atoms with Crippen molar-refractivity contribution in [3.8, 4) is 6.01 Å². The van der Waals surface area contributed by atoms with Crippen LogP contribution >= 0.6 is 11.3 Å². The predicted octanol–water partition coefficient (Wildman–Crippen LogP) is 2.35. The number of aromatic nitrogens is 2. The summed E-state index contributed by atoms with van der Waals surface area (Å²) in [7, 11) is 0. The fourth-order valence-corrected chi connectivity index (χ4v) is 3.98. The number of thiophene rings is 1. The van der Waals surface area contributed by atoms with E-state index < -0.39 is 0 Å². The van der Waals surface area contributed by atoms with Gasteiger partial charge in [-0.25, -0.2) is 9.97 Å². The molecule has 5 nitrogen and oxygen atoms in total. The van der Waals surface area contributed by atoms with Crippen molar-refractivity contribution in [2.75, 3.05) is 19.7 Å². The number of likely N-dealkylation sites (tertiary alicyclic amines) is 1. The van der Waals surface area contributed by atoms with E-state index in [-0.39, 0.29) is 11.7 Å². The van der Waals surface area contributed by atoms with E-state index in [1.54, 1.807) is 29.8 Å². The number of rotatable bonds is 4. The zero-order valence-electron chi connectivity index (χ0n) is 12.4. The molecule has 0 bridgehead atoms.